The summed E-state index contributed by atoms with van der Waals surface area (Å²) < 4.78 is 0. The molecule has 1 atom stereocenters. The Balaban J connectivity index is 2.45. The zero-order chi connectivity index (χ0) is 10.6. The van der Waals surface area contributed by atoms with Crippen molar-refractivity contribution in [1.29, 1.82) is 0 Å². The van der Waals surface area contributed by atoms with Gasteiger partial charge < -0.3 is 10.0 Å². The van der Waals surface area contributed by atoms with Crippen LogP contribution < -0.4 is 0 Å². The molecule has 0 aromatic carbocycles. The van der Waals surface area contributed by atoms with E-state index in [2.05, 4.69) is 16.7 Å². The van der Waals surface area contributed by atoms with Gasteiger partial charge in [0.1, 0.15) is 6.04 Å². The number of nitrogens with zero attached hydrogens (tertiary/aromatic N) is 2. The Morgan fingerprint density at radius 1 is 1.36 bits per heavy atom. The summed E-state index contributed by atoms with van der Waals surface area (Å²) in [7, 11) is 0. The van der Waals surface area contributed by atoms with E-state index in [1.807, 2.05) is 0 Å². The van der Waals surface area contributed by atoms with Gasteiger partial charge in [0.2, 0.25) is 0 Å². The van der Waals surface area contributed by atoms with Gasteiger partial charge in [-0.25, -0.2) is 0 Å². The summed E-state index contributed by atoms with van der Waals surface area (Å²) in [5.41, 5.74) is 0. The molecule has 1 fully saturated rings. The Morgan fingerprint density at radius 3 is 2.64 bits per heavy atom. The van der Waals surface area contributed by atoms with E-state index in [-0.39, 0.29) is 6.04 Å². The summed E-state index contributed by atoms with van der Waals surface area (Å²) in [5.74, 6) is -0.713. The molecule has 4 nitrogen and oxygen atoms in total. The van der Waals surface area contributed by atoms with Crippen LogP contribution in [0.3, 0.4) is 0 Å². The van der Waals surface area contributed by atoms with Crippen molar-refractivity contribution in [2.24, 2.45) is 0 Å². The Morgan fingerprint density at radius 2 is 2.07 bits per heavy atom. The molecule has 1 N–H and O–H groups in total. The average Bonchev–Trinajstić information content (AvgIpc) is 2.41. The molecule has 0 aliphatic carbocycles. The molecular weight excluding hydrogens is 180 g/mol. The van der Waals surface area contributed by atoms with E-state index in [4.69, 9.17) is 5.11 Å². The van der Waals surface area contributed by atoms with Crippen LogP contribution in [0.5, 0.6) is 0 Å². The molecule has 0 bridgehead atoms. The van der Waals surface area contributed by atoms with Crippen LogP contribution in [-0.2, 0) is 4.79 Å². The molecule has 0 spiro atoms. The number of likely N-dealkylation sites (N-methyl/N-ethyl adjacent to an activating group) is 1. The lowest BCUT2D eigenvalue weighted by atomic mass is 10.2. The summed E-state index contributed by atoms with van der Waals surface area (Å²) in [4.78, 5) is 15.2. The molecule has 0 aromatic rings. The largest absolute Gasteiger partial charge is 0.480 e. The van der Waals surface area contributed by atoms with Crippen molar-refractivity contribution in [2.75, 3.05) is 32.7 Å². The fourth-order valence-corrected chi connectivity index (χ4v) is 1.85. The number of carboxylic acids is 1. The maximum atomic E-state index is 10.8. The van der Waals surface area contributed by atoms with Crippen LogP contribution in [0.4, 0.5) is 0 Å². The highest BCUT2D eigenvalue weighted by molar-refractivity contribution is 5.72. The highest BCUT2D eigenvalue weighted by atomic mass is 16.4. The maximum absolute atomic E-state index is 10.8. The third-order valence-corrected chi connectivity index (χ3v) is 2.98. The van der Waals surface area contributed by atoms with Crippen molar-refractivity contribution in [2.45, 2.75) is 26.3 Å². The van der Waals surface area contributed by atoms with Crippen molar-refractivity contribution >= 4 is 5.97 Å². The van der Waals surface area contributed by atoms with E-state index in [0.717, 1.165) is 39.1 Å². The smallest absolute Gasteiger partial charge is 0.320 e. The minimum Gasteiger partial charge on any atom is -0.480 e. The molecule has 1 aliphatic heterocycles. The maximum Gasteiger partial charge on any atom is 0.320 e. The quantitative estimate of drug-likeness (QED) is 0.720. The van der Waals surface area contributed by atoms with E-state index >= 15 is 0 Å². The molecular formula is C10H20N2O2. The normalized spacial score (nSPS) is 23.0. The van der Waals surface area contributed by atoms with E-state index in [1.54, 1.807) is 6.92 Å². The highest BCUT2D eigenvalue weighted by Crippen LogP contribution is 2.06. The van der Waals surface area contributed by atoms with Crippen LogP contribution in [0.25, 0.3) is 0 Å². The molecule has 4 heteroatoms. The third-order valence-electron chi connectivity index (χ3n) is 2.98. The monoisotopic (exact) mass is 200 g/mol. The number of hydrogen-bond donors (Lipinski definition) is 1. The van der Waals surface area contributed by atoms with Gasteiger partial charge in [0.25, 0.3) is 0 Å². The summed E-state index contributed by atoms with van der Waals surface area (Å²) in [6.45, 7) is 8.86. The lowest BCUT2D eigenvalue weighted by Gasteiger charge is -2.24. The topological polar surface area (TPSA) is 43.8 Å². The zero-order valence-electron chi connectivity index (χ0n) is 9.07. The van der Waals surface area contributed by atoms with Crippen LogP contribution in [0.15, 0.2) is 0 Å². The Kier molecular flexibility index (Phi) is 4.35. The van der Waals surface area contributed by atoms with Crippen LogP contribution in [-0.4, -0.2) is 59.6 Å². The predicted molar refractivity (Wildman–Crippen MR) is 55.4 cm³/mol. The fourth-order valence-electron chi connectivity index (χ4n) is 1.85. The summed E-state index contributed by atoms with van der Waals surface area (Å²) >= 11 is 0. The standard InChI is InChI=1S/C10H20N2O2/c1-3-11-5-4-6-12(8-7-11)9(2)10(13)14/h9H,3-8H2,1-2H3,(H,13,14). The van der Waals surface area contributed by atoms with Gasteiger partial charge in [-0.05, 0) is 26.4 Å². The second-order valence-electron chi connectivity index (χ2n) is 3.84. The van der Waals surface area contributed by atoms with Crippen molar-refractivity contribution in [3.05, 3.63) is 0 Å². The van der Waals surface area contributed by atoms with Gasteiger partial charge in [-0.3, -0.25) is 9.69 Å². The molecule has 1 unspecified atom stereocenters. The van der Waals surface area contributed by atoms with Gasteiger partial charge >= 0.3 is 5.97 Å². The number of carbonyl (C=O) groups is 1. The van der Waals surface area contributed by atoms with Gasteiger partial charge in [-0.15, -0.1) is 0 Å². The van der Waals surface area contributed by atoms with E-state index in [9.17, 15) is 4.79 Å². The Labute approximate surface area is 85.5 Å². The van der Waals surface area contributed by atoms with Crippen molar-refractivity contribution in [3.63, 3.8) is 0 Å². The first kappa shape index (κ1) is 11.5. The molecule has 0 radical (unpaired) electrons. The Bertz CT molecular complexity index is 197. The van der Waals surface area contributed by atoms with Gasteiger partial charge in [0, 0.05) is 19.6 Å². The number of carboxylic acid groups (broad SMARTS) is 1. The van der Waals surface area contributed by atoms with Gasteiger partial charge in [0.05, 0.1) is 0 Å². The van der Waals surface area contributed by atoms with Crippen LogP contribution in [0, 0.1) is 0 Å². The first-order chi connectivity index (χ1) is 6.65. The second kappa shape index (κ2) is 5.32. The minimum atomic E-state index is -0.713. The highest BCUT2D eigenvalue weighted by Gasteiger charge is 2.22. The molecule has 1 rings (SSSR count). The van der Waals surface area contributed by atoms with E-state index in [1.165, 1.54) is 0 Å². The molecule has 1 heterocycles. The molecule has 0 saturated carbocycles. The molecule has 0 amide bonds. The average molecular weight is 200 g/mol. The fraction of sp³-hybridized carbons (Fsp3) is 0.900. The second-order valence-corrected chi connectivity index (χ2v) is 3.84. The zero-order valence-corrected chi connectivity index (χ0v) is 9.07. The van der Waals surface area contributed by atoms with E-state index < -0.39 is 5.97 Å². The lowest BCUT2D eigenvalue weighted by Crippen LogP contribution is -2.41. The first-order valence-corrected chi connectivity index (χ1v) is 5.34. The number of aliphatic carboxylic acids is 1. The lowest BCUT2D eigenvalue weighted by molar-refractivity contribution is -0.142. The summed E-state index contributed by atoms with van der Waals surface area (Å²) in [6, 6.07) is -0.341. The van der Waals surface area contributed by atoms with Crippen LogP contribution >= 0.6 is 0 Å². The van der Waals surface area contributed by atoms with Gasteiger partial charge in [0.15, 0.2) is 0 Å². The molecule has 14 heavy (non-hydrogen) atoms. The summed E-state index contributed by atoms with van der Waals surface area (Å²) in [6.07, 6.45) is 1.07. The Hall–Kier alpha value is -0.610. The van der Waals surface area contributed by atoms with E-state index in [0.29, 0.717) is 0 Å². The van der Waals surface area contributed by atoms with Crippen molar-refractivity contribution in [1.82, 2.24) is 9.80 Å². The van der Waals surface area contributed by atoms with Crippen LogP contribution in [0.2, 0.25) is 0 Å². The first-order valence-electron chi connectivity index (χ1n) is 5.34. The number of rotatable bonds is 3. The van der Waals surface area contributed by atoms with Gasteiger partial charge in [-0.2, -0.15) is 0 Å². The molecule has 1 saturated heterocycles. The molecule has 0 aromatic heterocycles. The van der Waals surface area contributed by atoms with Gasteiger partial charge in [-0.1, -0.05) is 6.92 Å². The van der Waals surface area contributed by atoms with Crippen molar-refractivity contribution in [3.8, 4) is 0 Å². The SMILES string of the molecule is CCN1CCCN(C(C)C(=O)O)CC1. The predicted octanol–water partition coefficient (Wildman–Crippen LogP) is 0.487. The minimum absolute atomic E-state index is 0.341. The third kappa shape index (κ3) is 2.96. The van der Waals surface area contributed by atoms with Crippen LogP contribution in [0.1, 0.15) is 20.3 Å². The number of hydrogen-bond acceptors (Lipinski definition) is 3. The van der Waals surface area contributed by atoms with Crippen molar-refractivity contribution < 1.29 is 9.90 Å². The molecule has 82 valence electrons. The molecule has 1 aliphatic rings. The summed E-state index contributed by atoms with van der Waals surface area (Å²) in [5, 5.41) is 8.89.